The highest BCUT2D eigenvalue weighted by Crippen LogP contribution is 2.23. The molecule has 1 aliphatic heterocycles. The normalized spacial score (nSPS) is 16.8. The Morgan fingerprint density at radius 2 is 1.68 bits per heavy atom. The van der Waals surface area contributed by atoms with Gasteiger partial charge < -0.3 is 10.1 Å². The van der Waals surface area contributed by atoms with Gasteiger partial charge in [-0.15, -0.1) is 0 Å². The predicted molar refractivity (Wildman–Crippen MR) is 78.2 cm³/mol. The highest BCUT2D eigenvalue weighted by molar-refractivity contribution is 6.04. The molecule has 22 heavy (non-hydrogen) atoms. The summed E-state index contributed by atoms with van der Waals surface area (Å²) in [5.74, 6) is -0.718. The smallest absolute Gasteiger partial charge is 0.415 e. The number of anilines is 1. The second-order valence-corrected chi connectivity index (χ2v) is 4.72. The minimum absolute atomic E-state index is 0.224. The molecule has 0 bridgehead atoms. The number of ether oxygens (including phenoxy) is 1. The largest absolute Gasteiger partial charge is 0.431 e. The molecular formula is C16H12N2O4. The van der Waals surface area contributed by atoms with E-state index in [9.17, 15) is 14.4 Å². The Morgan fingerprint density at radius 3 is 2.27 bits per heavy atom. The number of alkyl carbamates (subject to hydrolysis) is 1. The number of cyclic esters (lactones) is 1. The van der Waals surface area contributed by atoms with Gasteiger partial charge in [0.15, 0.2) is 0 Å². The van der Waals surface area contributed by atoms with Crippen LogP contribution in [-0.4, -0.2) is 17.9 Å². The molecule has 1 unspecified atom stereocenters. The van der Waals surface area contributed by atoms with E-state index in [0.29, 0.717) is 16.8 Å². The molecule has 110 valence electrons. The molecule has 1 saturated heterocycles. The quantitative estimate of drug-likeness (QED) is 0.909. The van der Waals surface area contributed by atoms with Gasteiger partial charge in [0.2, 0.25) is 6.10 Å². The lowest BCUT2D eigenvalue weighted by Gasteiger charge is -2.09. The lowest BCUT2D eigenvalue weighted by Crippen LogP contribution is -2.20. The van der Waals surface area contributed by atoms with E-state index in [1.54, 1.807) is 48.5 Å². The van der Waals surface area contributed by atoms with Gasteiger partial charge in [-0.2, -0.15) is 0 Å². The topological polar surface area (TPSA) is 84.5 Å². The first-order chi connectivity index (χ1) is 10.6. The molecule has 1 fully saturated rings. The average molecular weight is 296 g/mol. The van der Waals surface area contributed by atoms with Gasteiger partial charge in [0.05, 0.1) is 0 Å². The molecule has 1 heterocycles. The Labute approximate surface area is 126 Å². The Balaban J connectivity index is 1.71. The summed E-state index contributed by atoms with van der Waals surface area (Å²) < 4.78 is 4.86. The van der Waals surface area contributed by atoms with Gasteiger partial charge >= 0.3 is 6.09 Å². The zero-order valence-electron chi connectivity index (χ0n) is 11.4. The summed E-state index contributed by atoms with van der Waals surface area (Å²) in [5, 5.41) is 4.81. The van der Waals surface area contributed by atoms with Crippen molar-refractivity contribution in [3.63, 3.8) is 0 Å². The first-order valence-corrected chi connectivity index (χ1v) is 6.61. The summed E-state index contributed by atoms with van der Waals surface area (Å²) in [6.07, 6.45) is -1.69. The van der Waals surface area contributed by atoms with E-state index in [2.05, 4.69) is 10.6 Å². The van der Waals surface area contributed by atoms with Crippen molar-refractivity contribution < 1.29 is 19.1 Å². The number of imide groups is 1. The molecule has 2 aromatic rings. The fourth-order valence-electron chi connectivity index (χ4n) is 2.11. The van der Waals surface area contributed by atoms with Crippen LogP contribution < -0.4 is 10.6 Å². The molecule has 0 spiro atoms. The molecule has 3 amide bonds. The summed E-state index contributed by atoms with van der Waals surface area (Å²) in [7, 11) is 0. The van der Waals surface area contributed by atoms with E-state index in [1.165, 1.54) is 0 Å². The Bertz CT molecular complexity index is 726. The molecule has 3 rings (SSSR count). The number of hydrogen-bond donors (Lipinski definition) is 2. The van der Waals surface area contributed by atoms with E-state index >= 15 is 0 Å². The van der Waals surface area contributed by atoms with Crippen molar-refractivity contribution in [2.75, 3.05) is 5.32 Å². The third kappa shape index (κ3) is 2.80. The molecule has 2 N–H and O–H groups in total. The van der Waals surface area contributed by atoms with Crippen molar-refractivity contribution >= 4 is 23.6 Å². The minimum atomic E-state index is -0.939. The molecule has 0 aliphatic carbocycles. The Morgan fingerprint density at radius 1 is 1.00 bits per heavy atom. The minimum Gasteiger partial charge on any atom is -0.431 e. The number of hydrogen-bond acceptors (Lipinski definition) is 4. The van der Waals surface area contributed by atoms with Crippen molar-refractivity contribution in [1.29, 1.82) is 0 Å². The SMILES string of the molecule is O=C1NC(=O)C(c2ccc(NC(=O)c3ccccc3)cc2)O1. The van der Waals surface area contributed by atoms with E-state index in [-0.39, 0.29) is 5.91 Å². The molecule has 6 heteroatoms. The third-order valence-corrected chi connectivity index (χ3v) is 3.20. The van der Waals surface area contributed by atoms with Gasteiger partial charge in [-0.05, 0) is 24.3 Å². The number of carbonyl (C=O) groups is 3. The maximum Gasteiger partial charge on any atom is 0.415 e. The van der Waals surface area contributed by atoms with Crippen molar-refractivity contribution in [2.45, 2.75) is 6.10 Å². The van der Waals surface area contributed by atoms with Crippen LogP contribution in [0.15, 0.2) is 54.6 Å². The maximum absolute atomic E-state index is 12.0. The van der Waals surface area contributed by atoms with Crippen LogP contribution in [0.1, 0.15) is 22.0 Å². The predicted octanol–water partition coefficient (Wildman–Crippen LogP) is 2.25. The molecule has 0 aromatic heterocycles. The van der Waals surface area contributed by atoms with Crippen molar-refractivity contribution in [3.8, 4) is 0 Å². The highest BCUT2D eigenvalue weighted by Gasteiger charge is 2.33. The van der Waals surface area contributed by atoms with E-state index < -0.39 is 18.1 Å². The number of rotatable bonds is 3. The zero-order chi connectivity index (χ0) is 15.5. The summed E-state index contributed by atoms with van der Waals surface area (Å²) in [5.41, 5.74) is 1.68. The monoisotopic (exact) mass is 296 g/mol. The van der Waals surface area contributed by atoms with Crippen molar-refractivity contribution in [2.24, 2.45) is 0 Å². The highest BCUT2D eigenvalue weighted by atomic mass is 16.6. The molecule has 2 aromatic carbocycles. The second-order valence-electron chi connectivity index (χ2n) is 4.72. The zero-order valence-corrected chi connectivity index (χ0v) is 11.4. The summed E-state index contributed by atoms with van der Waals surface area (Å²) >= 11 is 0. The van der Waals surface area contributed by atoms with Crippen LogP contribution >= 0.6 is 0 Å². The molecular weight excluding hydrogens is 284 g/mol. The first-order valence-electron chi connectivity index (χ1n) is 6.61. The molecule has 0 radical (unpaired) electrons. The molecule has 1 aliphatic rings. The molecule has 1 atom stereocenters. The summed E-state index contributed by atoms with van der Waals surface area (Å²) in [6, 6.07) is 15.4. The number of nitrogens with one attached hydrogen (secondary N) is 2. The second kappa shape index (κ2) is 5.69. The number of benzene rings is 2. The lowest BCUT2D eigenvalue weighted by molar-refractivity contribution is -0.123. The molecule has 0 saturated carbocycles. The first kappa shape index (κ1) is 13.8. The van der Waals surface area contributed by atoms with Gasteiger partial charge in [0, 0.05) is 16.8 Å². The van der Waals surface area contributed by atoms with Crippen LogP contribution in [0.3, 0.4) is 0 Å². The average Bonchev–Trinajstić information content (AvgIpc) is 2.87. The van der Waals surface area contributed by atoms with E-state index in [4.69, 9.17) is 4.74 Å². The standard InChI is InChI=1S/C16H12N2O4/c19-14(11-4-2-1-3-5-11)17-12-8-6-10(7-9-12)13-15(20)18-16(21)22-13/h1-9,13H,(H,17,19)(H,18,20,21). The Kier molecular flexibility index (Phi) is 3.57. The third-order valence-electron chi connectivity index (χ3n) is 3.20. The van der Waals surface area contributed by atoms with Crippen LogP contribution in [0.4, 0.5) is 10.5 Å². The van der Waals surface area contributed by atoms with Gasteiger partial charge in [0.25, 0.3) is 11.8 Å². The van der Waals surface area contributed by atoms with Crippen molar-refractivity contribution in [3.05, 3.63) is 65.7 Å². The van der Waals surface area contributed by atoms with Crippen LogP contribution in [0.2, 0.25) is 0 Å². The van der Waals surface area contributed by atoms with E-state index in [0.717, 1.165) is 0 Å². The number of amides is 3. The van der Waals surface area contributed by atoms with Gasteiger partial charge in [0.1, 0.15) is 0 Å². The van der Waals surface area contributed by atoms with Crippen LogP contribution in [-0.2, 0) is 9.53 Å². The summed E-state index contributed by atoms with van der Waals surface area (Å²) in [6.45, 7) is 0. The van der Waals surface area contributed by atoms with Crippen LogP contribution in [0.25, 0.3) is 0 Å². The van der Waals surface area contributed by atoms with E-state index in [1.807, 2.05) is 6.07 Å². The lowest BCUT2D eigenvalue weighted by atomic mass is 10.1. The van der Waals surface area contributed by atoms with Crippen LogP contribution in [0, 0.1) is 0 Å². The number of carbonyl (C=O) groups excluding carboxylic acids is 3. The Hall–Kier alpha value is -3.15. The van der Waals surface area contributed by atoms with Gasteiger partial charge in [-0.1, -0.05) is 30.3 Å². The maximum atomic E-state index is 12.0. The fraction of sp³-hybridized carbons (Fsp3) is 0.0625. The van der Waals surface area contributed by atoms with Crippen LogP contribution in [0.5, 0.6) is 0 Å². The van der Waals surface area contributed by atoms with Crippen molar-refractivity contribution in [1.82, 2.24) is 5.32 Å². The fourth-order valence-corrected chi connectivity index (χ4v) is 2.11. The van der Waals surface area contributed by atoms with Gasteiger partial charge in [-0.3, -0.25) is 14.9 Å². The molecule has 6 nitrogen and oxygen atoms in total. The summed E-state index contributed by atoms with van der Waals surface area (Å²) in [4.78, 5) is 34.5. The van der Waals surface area contributed by atoms with Gasteiger partial charge in [-0.25, -0.2) is 4.79 Å².